The number of carbonyl (C=O) groups excluding carboxylic acids is 3. The number of thioether (sulfide) groups is 1. The largest absolute Gasteiger partial charge is 0.489 e. The van der Waals surface area contributed by atoms with Crippen LogP contribution in [0.15, 0.2) is 154 Å². The van der Waals surface area contributed by atoms with E-state index in [1.165, 1.54) is 23.1 Å². The van der Waals surface area contributed by atoms with Crippen molar-refractivity contribution in [1.82, 2.24) is 10.3 Å². The minimum Gasteiger partial charge on any atom is -0.489 e. The number of carbonyl (C=O) groups is 3. The molecule has 3 amide bonds. The van der Waals surface area contributed by atoms with Crippen LogP contribution in [0.4, 0.5) is 10.8 Å². The van der Waals surface area contributed by atoms with E-state index in [9.17, 15) is 14.4 Å². The summed E-state index contributed by atoms with van der Waals surface area (Å²) in [5.74, 6) is -0.392. The van der Waals surface area contributed by atoms with Crippen LogP contribution in [0.1, 0.15) is 28.4 Å². The second-order valence-corrected chi connectivity index (χ2v) is 14.7. The Bertz CT molecular complexity index is 2160. The van der Waals surface area contributed by atoms with E-state index < -0.39 is 17.1 Å². The van der Waals surface area contributed by atoms with Gasteiger partial charge in [0.05, 0.1) is 10.9 Å². The fraction of sp³-hybridized carbons (Fsp3) is 0.0732. The van der Waals surface area contributed by atoms with Crippen molar-refractivity contribution in [2.24, 2.45) is 0 Å². The van der Waals surface area contributed by atoms with Gasteiger partial charge in [-0.1, -0.05) is 88.7 Å². The van der Waals surface area contributed by atoms with E-state index in [0.717, 1.165) is 26.2 Å². The first-order valence-electron chi connectivity index (χ1n) is 16.2. The smallest absolute Gasteiger partial charge is 0.272 e. The van der Waals surface area contributed by atoms with E-state index in [-0.39, 0.29) is 11.6 Å². The number of hydrogen-bond acceptors (Lipinski definition) is 7. The molecule has 0 spiro atoms. The third-order valence-electron chi connectivity index (χ3n) is 7.64. The van der Waals surface area contributed by atoms with E-state index in [1.807, 2.05) is 109 Å². The second-order valence-electron chi connectivity index (χ2n) is 11.5. The lowest BCUT2D eigenvalue weighted by atomic mass is 10.1. The van der Waals surface area contributed by atoms with Gasteiger partial charge in [-0.05, 0) is 84.8 Å². The first-order valence-corrected chi connectivity index (χ1v) is 18.8. The molecule has 1 atom stereocenters. The third-order valence-corrected chi connectivity index (χ3v) is 10.0. The highest BCUT2D eigenvalue weighted by Crippen LogP contribution is 2.29. The molecule has 1 aromatic heterocycles. The molecule has 0 aliphatic carbocycles. The van der Waals surface area contributed by atoms with E-state index in [0.29, 0.717) is 34.3 Å². The summed E-state index contributed by atoms with van der Waals surface area (Å²) >= 11 is 6.20. The van der Waals surface area contributed by atoms with Crippen molar-refractivity contribution in [2.75, 3.05) is 10.6 Å². The van der Waals surface area contributed by atoms with Crippen molar-refractivity contribution < 1.29 is 19.1 Å². The Morgan fingerprint density at radius 3 is 2.19 bits per heavy atom. The van der Waals surface area contributed by atoms with Gasteiger partial charge in [0.15, 0.2) is 5.13 Å². The van der Waals surface area contributed by atoms with Gasteiger partial charge >= 0.3 is 0 Å². The lowest BCUT2D eigenvalue weighted by molar-refractivity contribution is -0.115. The molecular formula is C41H33BrN4O4S2. The first-order chi connectivity index (χ1) is 25.3. The molecule has 0 saturated carbocycles. The summed E-state index contributed by atoms with van der Waals surface area (Å²) < 4.78 is 6.88. The molecule has 0 radical (unpaired) electrons. The number of halogens is 1. The zero-order valence-corrected chi connectivity index (χ0v) is 31.1. The maximum Gasteiger partial charge on any atom is 0.272 e. The van der Waals surface area contributed by atoms with E-state index in [1.54, 1.807) is 42.5 Å². The van der Waals surface area contributed by atoms with Crippen LogP contribution < -0.4 is 20.7 Å². The molecule has 52 heavy (non-hydrogen) atoms. The van der Waals surface area contributed by atoms with Gasteiger partial charge in [0.1, 0.15) is 18.1 Å². The highest BCUT2D eigenvalue weighted by molar-refractivity contribution is 9.10. The molecule has 0 aliphatic rings. The molecule has 0 fully saturated rings. The highest BCUT2D eigenvalue weighted by atomic mass is 79.9. The number of amides is 3. The predicted octanol–water partition coefficient (Wildman–Crippen LogP) is 9.68. The Balaban J connectivity index is 1.08. The second kappa shape index (κ2) is 17.6. The van der Waals surface area contributed by atoms with Gasteiger partial charge in [0, 0.05) is 31.6 Å². The molecule has 1 heterocycles. The van der Waals surface area contributed by atoms with Gasteiger partial charge in [0.25, 0.3) is 11.8 Å². The van der Waals surface area contributed by atoms with Crippen LogP contribution in [-0.2, 0) is 16.2 Å². The number of nitrogens with zero attached hydrogens (tertiary/aromatic N) is 1. The molecule has 3 N–H and O–H groups in total. The van der Waals surface area contributed by atoms with Gasteiger partial charge in [-0.2, -0.15) is 0 Å². The maximum absolute atomic E-state index is 13.6. The number of benzene rings is 5. The van der Waals surface area contributed by atoms with Crippen molar-refractivity contribution >= 4 is 73.6 Å². The highest BCUT2D eigenvalue weighted by Gasteiger charge is 2.18. The quantitative estimate of drug-likeness (QED) is 0.0795. The summed E-state index contributed by atoms with van der Waals surface area (Å²) in [6, 6.07) is 40.9. The number of anilines is 2. The van der Waals surface area contributed by atoms with Crippen molar-refractivity contribution in [3.63, 3.8) is 0 Å². The van der Waals surface area contributed by atoms with Crippen LogP contribution in [0.3, 0.4) is 0 Å². The van der Waals surface area contributed by atoms with Crippen LogP contribution in [0, 0.1) is 0 Å². The standard InChI is InChI=1S/C41H33BrN4O4S2/c1-27(38(47)46-41-45-37(26-51-41)30-14-16-32(42)17-15-30)52-35-22-18-33(19-23-35)43-40(49)36(44-39(48)31-10-6-3-7-11-31)24-28-12-20-34(21-13-28)50-25-29-8-4-2-5-9-29/h2-24,26-27H,25H2,1H3,(H,43,49)(H,44,48)(H,45,46,47)/b36-24-. The SMILES string of the molecule is CC(Sc1ccc(NC(=O)/C(=C/c2ccc(OCc3ccccc3)cc2)NC(=O)c2ccccc2)cc1)C(=O)Nc1nc(-c2ccc(Br)cc2)cs1. The lowest BCUT2D eigenvalue weighted by Gasteiger charge is -2.13. The van der Waals surface area contributed by atoms with Crippen molar-refractivity contribution in [1.29, 1.82) is 0 Å². The van der Waals surface area contributed by atoms with Crippen LogP contribution in [-0.4, -0.2) is 28.0 Å². The number of thiazole rings is 1. The summed E-state index contributed by atoms with van der Waals surface area (Å²) in [5, 5.41) is 10.6. The number of aromatic nitrogens is 1. The molecule has 6 aromatic rings. The number of ether oxygens (including phenoxy) is 1. The van der Waals surface area contributed by atoms with Gasteiger partial charge in [0.2, 0.25) is 5.91 Å². The number of rotatable bonds is 13. The zero-order valence-electron chi connectivity index (χ0n) is 27.9. The van der Waals surface area contributed by atoms with Gasteiger partial charge in [-0.15, -0.1) is 23.1 Å². The van der Waals surface area contributed by atoms with Crippen LogP contribution in [0.25, 0.3) is 17.3 Å². The van der Waals surface area contributed by atoms with Gasteiger partial charge in [-0.3, -0.25) is 14.4 Å². The Morgan fingerprint density at radius 1 is 0.827 bits per heavy atom. The Morgan fingerprint density at radius 2 is 1.50 bits per heavy atom. The fourth-order valence-corrected chi connectivity index (χ4v) is 6.73. The average molecular weight is 790 g/mol. The average Bonchev–Trinajstić information content (AvgIpc) is 3.64. The molecule has 5 aromatic carbocycles. The first kappa shape index (κ1) is 36.3. The Labute approximate surface area is 318 Å². The summed E-state index contributed by atoms with van der Waals surface area (Å²) in [6.45, 7) is 2.26. The number of hydrogen-bond donors (Lipinski definition) is 3. The molecule has 0 saturated heterocycles. The molecule has 0 bridgehead atoms. The lowest BCUT2D eigenvalue weighted by Crippen LogP contribution is -2.30. The molecule has 6 rings (SSSR count). The summed E-state index contributed by atoms with van der Waals surface area (Å²) in [5.41, 5.74) is 4.54. The van der Waals surface area contributed by atoms with E-state index in [4.69, 9.17) is 4.74 Å². The molecule has 1 unspecified atom stereocenters. The normalized spacial score (nSPS) is 11.7. The van der Waals surface area contributed by atoms with Crippen molar-refractivity contribution in [3.05, 3.63) is 166 Å². The molecule has 8 nitrogen and oxygen atoms in total. The van der Waals surface area contributed by atoms with Crippen molar-refractivity contribution in [3.8, 4) is 17.0 Å². The molecular weight excluding hydrogens is 757 g/mol. The monoisotopic (exact) mass is 788 g/mol. The molecule has 11 heteroatoms. The summed E-state index contributed by atoms with van der Waals surface area (Å²) in [6.07, 6.45) is 1.62. The van der Waals surface area contributed by atoms with Crippen molar-refractivity contribution in [2.45, 2.75) is 23.7 Å². The van der Waals surface area contributed by atoms with Gasteiger partial charge < -0.3 is 20.7 Å². The van der Waals surface area contributed by atoms with Crippen LogP contribution in [0.5, 0.6) is 5.75 Å². The third kappa shape index (κ3) is 10.3. The summed E-state index contributed by atoms with van der Waals surface area (Å²) in [4.78, 5) is 45.0. The zero-order chi connectivity index (χ0) is 36.3. The minimum atomic E-state index is -0.493. The predicted molar refractivity (Wildman–Crippen MR) is 213 cm³/mol. The Kier molecular flexibility index (Phi) is 12.3. The fourth-order valence-electron chi connectivity index (χ4n) is 4.87. The van der Waals surface area contributed by atoms with Crippen LogP contribution >= 0.6 is 39.0 Å². The van der Waals surface area contributed by atoms with E-state index >= 15 is 0 Å². The van der Waals surface area contributed by atoms with Crippen LogP contribution in [0.2, 0.25) is 0 Å². The van der Waals surface area contributed by atoms with E-state index in [2.05, 4.69) is 36.9 Å². The minimum absolute atomic E-state index is 0.0704. The maximum atomic E-state index is 13.6. The summed E-state index contributed by atoms with van der Waals surface area (Å²) in [7, 11) is 0. The Hall–Kier alpha value is -5.49. The molecule has 0 aliphatic heterocycles. The number of nitrogens with one attached hydrogen (secondary N) is 3. The topological polar surface area (TPSA) is 109 Å². The van der Waals surface area contributed by atoms with Gasteiger partial charge in [-0.25, -0.2) is 4.98 Å². The molecule has 260 valence electrons.